The molecule has 2 aliphatic carbocycles. The van der Waals surface area contributed by atoms with Gasteiger partial charge in [0.1, 0.15) is 5.76 Å². The first-order chi connectivity index (χ1) is 10.6. The lowest BCUT2D eigenvalue weighted by atomic mass is 9.95. The summed E-state index contributed by atoms with van der Waals surface area (Å²) in [5.74, 6) is 1.39. The van der Waals surface area contributed by atoms with Gasteiger partial charge >= 0.3 is 0 Å². The molecule has 1 fully saturated rings. The molecule has 3 nitrogen and oxygen atoms in total. The number of rotatable bonds is 2. The highest BCUT2D eigenvalue weighted by molar-refractivity contribution is 5.99. The lowest BCUT2D eigenvalue weighted by Gasteiger charge is -2.12. The number of fused-ring (bicyclic) bond motifs is 3. The normalized spacial score (nSPS) is 31.0. The molecule has 0 radical (unpaired) electrons. The van der Waals surface area contributed by atoms with Gasteiger partial charge in [0.2, 0.25) is 0 Å². The third-order valence-corrected chi connectivity index (χ3v) is 4.92. The second-order valence-corrected chi connectivity index (χ2v) is 6.21. The Morgan fingerprint density at radius 3 is 2.86 bits per heavy atom. The number of allylic oxidation sites excluding steroid dienone is 2. The van der Waals surface area contributed by atoms with Crippen molar-refractivity contribution in [3.63, 3.8) is 0 Å². The Hall–Kier alpha value is -2.29. The molecular formula is C19H18O3. The van der Waals surface area contributed by atoms with E-state index in [1.807, 2.05) is 13.0 Å². The summed E-state index contributed by atoms with van der Waals surface area (Å²) in [4.78, 5) is 12.3. The smallest absolute Gasteiger partial charge is 0.260 e. The van der Waals surface area contributed by atoms with Crippen LogP contribution in [0.15, 0.2) is 60.1 Å². The summed E-state index contributed by atoms with van der Waals surface area (Å²) in [5.41, 5.74) is 4.46. The summed E-state index contributed by atoms with van der Waals surface area (Å²) in [7, 11) is 0. The van der Waals surface area contributed by atoms with Gasteiger partial charge in [-0.05, 0) is 36.0 Å². The molecule has 1 aromatic carbocycles. The van der Waals surface area contributed by atoms with Crippen LogP contribution in [-0.2, 0) is 20.7 Å². The average Bonchev–Trinajstić information content (AvgIpc) is 3.10. The number of ether oxygens (including phenoxy) is 2. The molecule has 1 aliphatic heterocycles. The van der Waals surface area contributed by atoms with Gasteiger partial charge in [0, 0.05) is 24.0 Å². The quantitative estimate of drug-likeness (QED) is 0.617. The standard InChI is InChI=1S/C19H18O3/c1-11-7-19(22-12(11)2)21-10-17-15-8-13-5-3-4-6-14(13)16(15)9-18(17)20/h3-7,10,15-16,19H,2,8-9H2,1H3/b17-10+/t15?,16?,19-/m1/s1. The van der Waals surface area contributed by atoms with Crippen molar-refractivity contribution >= 4 is 5.78 Å². The molecule has 0 amide bonds. The Kier molecular flexibility index (Phi) is 2.96. The van der Waals surface area contributed by atoms with E-state index in [9.17, 15) is 4.79 Å². The van der Waals surface area contributed by atoms with E-state index in [-0.39, 0.29) is 11.7 Å². The molecule has 0 bridgehead atoms. The van der Waals surface area contributed by atoms with Crippen molar-refractivity contribution in [1.82, 2.24) is 0 Å². The van der Waals surface area contributed by atoms with Crippen LogP contribution in [0.1, 0.15) is 30.4 Å². The predicted molar refractivity (Wildman–Crippen MR) is 82.9 cm³/mol. The summed E-state index contributed by atoms with van der Waals surface area (Å²) in [6, 6.07) is 8.42. The first-order valence-electron chi connectivity index (χ1n) is 7.64. The van der Waals surface area contributed by atoms with Crippen LogP contribution >= 0.6 is 0 Å². The molecule has 4 rings (SSSR count). The molecule has 1 aromatic rings. The van der Waals surface area contributed by atoms with Crippen molar-refractivity contribution in [2.75, 3.05) is 0 Å². The molecule has 3 aliphatic rings. The van der Waals surface area contributed by atoms with Gasteiger partial charge in [-0.3, -0.25) is 4.79 Å². The molecule has 3 heteroatoms. The number of carbonyl (C=O) groups is 1. The molecule has 3 atom stereocenters. The summed E-state index contributed by atoms with van der Waals surface area (Å²) >= 11 is 0. The summed E-state index contributed by atoms with van der Waals surface area (Å²) in [6.07, 6.45) is 4.54. The van der Waals surface area contributed by atoms with Crippen LogP contribution < -0.4 is 0 Å². The zero-order valence-electron chi connectivity index (χ0n) is 12.5. The second kappa shape index (κ2) is 4.87. The lowest BCUT2D eigenvalue weighted by molar-refractivity contribution is -0.115. The maximum absolute atomic E-state index is 12.3. The second-order valence-electron chi connectivity index (χ2n) is 6.21. The molecule has 112 valence electrons. The molecule has 0 aromatic heterocycles. The van der Waals surface area contributed by atoms with Crippen LogP contribution in [0.2, 0.25) is 0 Å². The predicted octanol–water partition coefficient (Wildman–Crippen LogP) is 3.63. The number of ketones is 1. The minimum atomic E-state index is -0.462. The van der Waals surface area contributed by atoms with E-state index in [0.29, 0.717) is 18.1 Å². The summed E-state index contributed by atoms with van der Waals surface area (Å²) in [5, 5.41) is 0. The third kappa shape index (κ3) is 2.00. The molecule has 0 spiro atoms. The fraction of sp³-hybridized carbons (Fsp3) is 0.316. The lowest BCUT2D eigenvalue weighted by Crippen LogP contribution is -2.09. The molecule has 22 heavy (non-hydrogen) atoms. The monoisotopic (exact) mass is 294 g/mol. The fourth-order valence-corrected chi connectivity index (χ4v) is 3.71. The minimum Gasteiger partial charge on any atom is -0.458 e. The van der Waals surface area contributed by atoms with Crippen molar-refractivity contribution < 1.29 is 14.3 Å². The zero-order chi connectivity index (χ0) is 15.3. The van der Waals surface area contributed by atoms with Gasteiger partial charge in [-0.2, -0.15) is 0 Å². The van der Waals surface area contributed by atoms with Gasteiger partial charge < -0.3 is 9.47 Å². The Morgan fingerprint density at radius 2 is 2.09 bits per heavy atom. The molecule has 1 heterocycles. The maximum atomic E-state index is 12.3. The number of Topliss-reactive ketones (excluding diaryl/α,β-unsaturated/α-hetero) is 1. The van der Waals surface area contributed by atoms with Crippen LogP contribution in [0.5, 0.6) is 0 Å². The maximum Gasteiger partial charge on any atom is 0.260 e. The van der Waals surface area contributed by atoms with Gasteiger partial charge in [0.05, 0.1) is 6.26 Å². The molecule has 2 unspecified atom stereocenters. The third-order valence-electron chi connectivity index (χ3n) is 4.92. The van der Waals surface area contributed by atoms with Crippen molar-refractivity contribution in [2.45, 2.75) is 32.0 Å². The van der Waals surface area contributed by atoms with Gasteiger partial charge in [-0.15, -0.1) is 0 Å². The van der Waals surface area contributed by atoms with E-state index in [1.54, 1.807) is 6.26 Å². The highest BCUT2D eigenvalue weighted by Gasteiger charge is 2.44. The van der Waals surface area contributed by atoms with Gasteiger partial charge in [0.25, 0.3) is 6.29 Å². The van der Waals surface area contributed by atoms with E-state index in [0.717, 1.165) is 17.6 Å². The number of carbonyl (C=O) groups excluding carboxylic acids is 1. The van der Waals surface area contributed by atoms with E-state index in [1.165, 1.54) is 11.1 Å². The van der Waals surface area contributed by atoms with Gasteiger partial charge in [-0.25, -0.2) is 0 Å². The fourth-order valence-electron chi connectivity index (χ4n) is 3.71. The van der Waals surface area contributed by atoms with Crippen molar-refractivity contribution in [3.8, 4) is 0 Å². The first-order valence-corrected chi connectivity index (χ1v) is 7.64. The highest BCUT2D eigenvalue weighted by atomic mass is 16.7. The van der Waals surface area contributed by atoms with Crippen molar-refractivity contribution in [1.29, 1.82) is 0 Å². The highest BCUT2D eigenvalue weighted by Crippen LogP contribution is 2.49. The SMILES string of the molecule is C=C1O[C@@H](O/C=C2/C(=O)CC3c4ccccc4CC23)C=C1C. The van der Waals surface area contributed by atoms with Crippen LogP contribution in [0.4, 0.5) is 0 Å². The topological polar surface area (TPSA) is 35.5 Å². The Balaban J connectivity index is 1.55. The molecule has 1 saturated carbocycles. The number of hydrogen-bond acceptors (Lipinski definition) is 3. The summed E-state index contributed by atoms with van der Waals surface area (Å²) in [6.45, 7) is 5.74. The Bertz CT molecular complexity index is 726. The minimum absolute atomic E-state index is 0.196. The Labute approximate surface area is 129 Å². The van der Waals surface area contributed by atoms with Crippen molar-refractivity contribution in [2.24, 2.45) is 5.92 Å². The number of benzene rings is 1. The van der Waals surface area contributed by atoms with Crippen LogP contribution in [0.25, 0.3) is 0 Å². The molecule has 0 saturated heterocycles. The average molecular weight is 294 g/mol. The largest absolute Gasteiger partial charge is 0.458 e. The molecular weight excluding hydrogens is 276 g/mol. The molecule has 0 N–H and O–H groups in total. The van der Waals surface area contributed by atoms with E-state index >= 15 is 0 Å². The van der Waals surface area contributed by atoms with Crippen LogP contribution in [0, 0.1) is 5.92 Å². The van der Waals surface area contributed by atoms with Crippen molar-refractivity contribution in [3.05, 3.63) is 71.2 Å². The zero-order valence-corrected chi connectivity index (χ0v) is 12.5. The van der Waals surface area contributed by atoms with Gasteiger partial charge in [0.15, 0.2) is 5.78 Å². The first kappa shape index (κ1) is 13.4. The van der Waals surface area contributed by atoms with Crippen LogP contribution in [0.3, 0.4) is 0 Å². The van der Waals surface area contributed by atoms with E-state index in [4.69, 9.17) is 9.47 Å². The Morgan fingerprint density at radius 1 is 1.27 bits per heavy atom. The summed E-state index contributed by atoms with van der Waals surface area (Å²) < 4.78 is 11.1. The van der Waals surface area contributed by atoms with E-state index in [2.05, 4.69) is 30.8 Å². The van der Waals surface area contributed by atoms with Crippen LogP contribution in [-0.4, -0.2) is 12.1 Å². The van der Waals surface area contributed by atoms with Gasteiger partial charge in [-0.1, -0.05) is 30.8 Å². The number of hydrogen-bond donors (Lipinski definition) is 0. The van der Waals surface area contributed by atoms with E-state index < -0.39 is 6.29 Å².